The normalized spacial score (nSPS) is 20.5. The molecule has 2 rings (SSSR count). The fourth-order valence-electron chi connectivity index (χ4n) is 2.44. The fraction of sp³-hybridized carbons (Fsp3) is 0.571. The molecule has 1 N–H and O–H groups in total. The highest BCUT2D eigenvalue weighted by Gasteiger charge is 2.25. The number of piperazine rings is 1. The van der Waals surface area contributed by atoms with Crippen LogP contribution in [0.15, 0.2) is 18.2 Å². The van der Waals surface area contributed by atoms with E-state index in [0.717, 1.165) is 31.7 Å². The molecule has 0 amide bonds. The fourth-order valence-corrected chi connectivity index (χ4v) is 2.44. The summed E-state index contributed by atoms with van der Waals surface area (Å²) in [7, 11) is 0. The van der Waals surface area contributed by atoms with Crippen molar-refractivity contribution in [2.24, 2.45) is 0 Å². The molecule has 0 unspecified atom stereocenters. The monoisotopic (exact) mass is 236 g/mol. The third-order valence-electron chi connectivity index (χ3n) is 3.28. The highest BCUT2D eigenvalue weighted by molar-refractivity contribution is 5.23. The topological polar surface area (TPSA) is 15.3 Å². The van der Waals surface area contributed by atoms with E-state index in [-0.39, 0.29) is 11.4 Å². The Bertz CT molecular complexity index is 401. The summed E-state index contributed by atoms with van der Waals surface area (Å²) in [5.41, 5.74) is 2.10. The molecule has 1 fully saturated rings. The van der Waals surface area contributed by atoms with Crippen molar-refractivity contribution in [2.75, 3.05) is 19.6 Å². The van der Waals surface area contributed by atoms with Gasteiger partial charge < -0.3 is 5.32 Å². The lowest BCUT2D eigenvalue weighted by molar-refractivity contribution is 0.148. The van der Waals surface area contributed by atoms with Crippen LogP contribution in [0.1, 0.15) is 25.0 Å². The van der Waals surface area contributed by atoms with Gasteiger partial charge in [0.25, 0.3) is 0 Å². The summed E-state index contributed by atoms with van der Waals surface area (Å²) in [6, 6.07) is 5.40. The van der Waals surface area contributed by atoms with Gasteiger partial charge in [0, 0.05) is 31.7 Å². The molecule has 1 aromatic rings. The molecule has 0 spiro atoms. The molecule has 1 aliphatic rings. The molecule has 1 aromatic carbocycles. The predicted octanol–water partition coefficient (Wildman–Crippen LogP) is 2.32. The summed E-state index contributed by atoms with van der Waals surface area (Å²) in [4.78, 5) is 2.42. The van der Waals surface area contributed by atoms with Crippen molar-refractivity contribution in [3.8, 4) is 0 Å². The van der Waals surface area contributed by atoms with Crippen molar-refractivity contribution in [1.82, 2.24) is 10.2 Å². The van der Waals surface area contributed by atoms with E-state index in [0.29, 0.717) is 0 Å². The molecule has 94 valence electrons. The zero-order valence-electron chi connectivity index (χ0n) is 10.9. The van der Waals surface area contributed by atoms with Crippen LogP contribution < -0.4 is 5.32 Å². The Morgan fingerprint density at radius 2 is 2.18 bits per heavy atom. The first-order valence-corrected chi connectivity index (χ1v) is 6.19. The second kappa shape index (κ2) is 4.75. The molecule has 0 saturated carbocycles. The zero-order chi connectivity index (χ0) is 12.5. The van der Waals surface area contributed by atoms with Gasteiger partial charge in [0.05, 0.1) is 0 Å². The molecule has 1 saturated heterocycles. The highest BCUT2D eigenvalue weighted by Crippen LogP contribution is 2.15. The summed E-state index contributed by atoms with van der Waals surface area (Å²) in [6.45, 7) is 10.3. The summed E-state index contributed by atoms with van der Waals surface area (Å²) in [5.74, 6) is -0.116. The van der Waals surface area contributed by atoms with E-state index in [1.165, 1.54) is 5.56 Å². The van der Waals surface area contributed by atoms with E-state index in [1.54, 1.807) is 6.07 Å². The van der Waals surface area contributed by atoms with E-state index in [1.807, 2.05) is 19.1 Å². The molecular formula is C14H21FN2. The van der Waals surface area contributed by atoms with E-state index in [9.17, 15) is 4.39 Å². The number of rotatable bonds is 2. The quantitative estimate of drug-likeness (QED) is 0.847. The minimum atomic E-state index is -0.116. The van der Waals surface area contributed by atoms with E-state index in [4.69, 9.17) is 0 Å². The molecule has 0 atom stereocenters. The van der Waals surface area contributed by atoms with Gasteiger partial charge in [-0.05, 0) is 38.0 Å². The molecule has 1 heterocycles. The maximum atomic E-state index is 13.2. The molecule has 0 bridgehead atoms. The minimum absolute atomic E-state index is 0.116. The van der Waals surface area contributed by atoms with E-state index >= 15 is 0 Å². The predicted molar refractivity (Wildman–Crippen MR) is 68.5 cm³/mol. The van der Waals surface area contributed by atoms with Crippen molar-refractivity contribution in [3.63, 3.8) is 0 Å². The number of hydrogen-bond donors (Lipinski definition) is 1. The molecule has 17 heavy (non-hydrogen) atoms. The van der Waals surface area contributed by atoms with Crippen molar-refractivity contribution in [1.29, 1.82) is 0 Å². The van der Waals surface area contributed by atoms with Crippen LogP contribution in [0, 0.1) is 12.7 Å². The van der Waals surface area contributed by atoms with Crippen LogP contribution in [-0.2, 0) is 6.54 Å². The Morgan fingerprint density at radius 1 is 1.41 bits per heavy atom. The van der Waals surface area contributed by atoms with Gasteiger partial charge in [-0.25, -0.2) is 4.39 Å². The molecule has 0 aromatic heterocycles. The maximum Gasteiger partial charge on any atom is 0.126 e. The second-order valence-electron chi connectivity index (χ2n) is 5.60. The van der Waals surface area contributed by atoms with Crippen LogP contribution in [-0.4, -0.2) is 30.1 Å². The Morgan fingerprint density at radius 3 is 2.82 bits per heavy atom. The number of halogens is 1. The molecule has 0 radical (unpaired) electrons. The molecule has 2 nitrogen and oxygen atoms in total. The van der Waals surface area contributed by atoms with Gasteiger partial charge in [-0.3, -0.25) is 4.90 Å². The van der Waals surface area contributed by atoms with Crippen LogP contribution in [0.5, 0.6) is 0 Å². The first-order valence-electron chi connectivity index (χ1n) is 6.19. The highest BCUT2D eigenvalue weighted by atomic mass is 19.1. The Hall–Kier alpha value is -0.930. The Labute approximate surface area is 103 Å². The van der Waals surface area contributed by atoms with Crippen molar-refractivity contribution >= 4 is 0 Å². The molecule has 3 heteroatoms. The smallest absolute Gasteiger partial charge is 0.126 e. The number of hydrogen-bond acceptors (Lipinski definition) is 2. The van der Waals surface area contributed by atoms with Gasteiger partial charge in [-0.1, -0.05) is 12.1 Å². The Balaban J connectivity index is 2.03. The molecular weight excluding hydrogens is 215 g/mol. The number of benzene rings is 1. The lowest BCUT2D eigenvalue weighted by Crippen LogP contribution is -2.56. The van der Waals surface area contributed by atoms with Crippen molar-refractivity contribution in [2.45, 2.75) is 32.9 Å². The van der Waals surface area contributed by atoms with Gasteiger partial charge in [0.15, 0.2) is 0 Å². The van der Waals surface area contributed by atoms with Crippen LogP contribution in [0.2, 0.25) is 0 Å². The lowest BCUT2D eigenvalue weighted by Gasteiger charge is -2.39. The van der Waals surface area contributed by atoms with Gasteiger partial charge in [-0.15, -0.1) is 0 Å². The second-order valence-corrected chi connectivity index (χ2v) is 5.60. The van der Waals surface area contributed by atoms with Gasteiger partial charge in [0.1, 0.15) is 5.82 Å². The maximum absolute atomic E-state index is 13.2. The number of nitrogens with one attached hydrogen (secondary N) is 1. The third-order valence-corrected chi connectivity index (χ3v) is 3.28. The van der Waals surface area contributed by atoms with Gasteiger partial charge in [0.2, 0.25) is 0 Å². The first kappa shape index (κ1) is 12.5. The van der Waals surface area contributed by atoms with Crippen LogP contribution >= 0.6 is 0 Å². The van der Waals surface area contributed by atoms with Gasteiger partial charge >= 0.3 is 0 Å². The molecule has 1 aliphatic heterocycles. The first-order chi connectivity index (χ1) is 7.96. The van der Waals surface area contributed by atoms with E-state index in [2.05, 4.69) is 24.1 Å². The summed E-state index contributed by atoms with van der Waals surface area (Å²) >= 11 is 0. The molecule has 0 aliphatic carbocycles. The third kappa shape index (κ3) is 3.27. The van der Waals surface area contributed by atoms with Crippen LogP contribution in [0.4, 0.5) is 4.39 Å². The van der Waals surface area contributed by atoms with Crippen LogP contribution in [0.25, 0.3) is 0 Å². The average molecular weight is 236 g/mol. The summed E-state index contributed by atoms with van der Waals surface area (Å²) < 4.78 is 13.2. The standard InChI is InChI=1S/C14H21FN2/c1-11-8-12(4-5-13(11)15)9-17-7-6-16-14(2,3)10-17/h4-5,8,16H,6-7,9-10H2,1-3H3. The number of aryl methyl sites for hydroxylation is 1. The van der Waals surface area contributed by atoms with Crippen LogP contribution in [0.3, 0.4) is 0 Å². The Kier molecular flexibility index (Phi) is 3.50. The average Bonchev–Trinajstić information content (AvgIpc) is 2.22. The van der Waals surface area contributed by atoms with Crippen molar-refractivity contribution < 1.29 is 4.39 Å². The summed E-state index contributed by atoms with van der Waals surface area (Å²) in [6.07, 6.45) is 0. The van der Waals surface area contributed by atoms with Crippen molar-refractivity contribution in [3.05, 3.63) is 35.1 Å². The van der Waals surface area contributed by atoms with Gasteiger partial charge in [-0.2, -0.15) is 0 Å². The largest absolute Gasteiger partial charge is 0.309 e. The summed E-state index contributed by atoms with van der Waals surface area (Å²) in [5, 5.41) is 3.49. The lowest BCUT2D eigenvalue weighted by atomic mass is 10.0. The zero-order valence-corrected chi connectivity index (χ0v) is 10.9. The SMILES string of the molecule is Cc1cc(CN2CCNC(C)(C)C2)ccc1F. The number of nitrogens with zero attached hydrogens (tertiary/aromatic N) is 1. The van der Waals surface area contributed by atoms with E-state index < -0.39 is 0 Å². The minimum Gasteiger partial charge on any atom is -0.309 e.